The summed E-state index contributed by atoms with van der Waals surface area (Å²) in [5.41, 5.74) is 3.10. The van der Waals surface area contributed by atoms with Crippen molar-refractivity contribution in [1.82, 2.24) is 10.2 Å². The molecule has 0 bridgehead atoms. The van der Waals surface area contributed by atoms with Crippen molar-refractivity contribution < 1.29 is 0 Å². The van der Waals surface area contributed by atoms with Gasteiger partial charge in [0.1, 0.15) is 0 Å². The number of nitrogens with zero attached hydrogens (tertiary/aromatic N) is 1. The van der Waals surface area contributed by atoms with Crippen LogP contribution in [0.25, 0.3) is 0 Å². The van der Waals surface area contributed by atoms with Gasteiger partial charge in [-0.15, -0.1) is 0 Å². The summed E-state index contributed by atoms with van der Waals surface area (Å²) in [7, 11) is 0. The van der Waals surface area contributed by atoms with E-state index in [1.807, 2.05) is 0 Å². The molecule has 0 spiro atoms. The summed E-state index contributed by atoms with van der Waals surface area (Å²) in [5, 5.41) is 3.55. The zero-order valence-corrected chi connectivity index (χ0v) is 14.3. The maximum atomic E-state index is 3.55. The van der Waals surface area contributed by atoms with Gasteiger partial charge in [0.05, 0.1) is 0 Å². The van der Waals surface area contributed by atoms with Gasteiger partial charge in [-0.05, 0) is 71.2 Å². The highest BCUT2D eigenvalue weighted by Crippen LogP contribution is 2.19. The predicted octanol–water partition coefficient (Wildman–Crippen LogP) is 3.99. The molecule has 118 valence electrons. The second-order valence-electron chi connectivity index (χ2n) is 7.56. The number of hydrogen-bond donors (Lipinski definition) is 1. The van der Waals surface area contributed by atoms with E-state index in [0.29, 0.717) is 0 Å². The molecule has 1 saturated heterocycles. The van der Waals surface area contributed by atoms with Crippen molar-refractivity contribution >= 4 is 0 Å². The minimum absolute atomic E-state index is 0.213. The predicted molar refractivity (Wildman–Crippen MR) is 91.6 cm³/mol. The van der Waals surface area contributed by atoms with Gasteiger partial charge >= 0.3 is 0 Å². The van der Waals surface area contributed by atoms with Gasteiger partial charge < -0.3 is 5.32 Å². The number of piperidine rings is 1. The summed E-state index contributed by atoms with van der Waals surface area (Å²) in [5.74, 6) is 0. The molecule has 2 heteroatoms. The molecule has 1 unspecified atom stereocenters. The third-order valence-corrected chi connectivity index (χ3v) is 4.42. The SMILES string of the molecule is CC1CCCCN1Cc1ccc(CCNC(C)(C)C)cc1. The smallest absolute Gasteiger partial charge is 0.0236 e. The Bertz CT molecular complexity index is 416. The van der Waals surface area contributed by atoms with Crippen LogP contribution in [0.5, 0.6) is 0 Å². The highest BCUT2D eigenvalue weighted by molar-refractivity contribution is 5.23. The number of nitrogens with one attached hydrogen (secondary N) is 1. The van der Waals surface area contributed by atoms with Crippen LogP contribution in [0.1, 0.15) is 58.1 Å². The summed E-state index contributed by atoms with van der Waals surface area (Å²) < 4.78 is 0. The van der Waals surface area contributed by atoms with E-state index >= 15 is 0 Å². The van der Waals surface area contributed by atoms with Crippen LogP contribution in [0, 0.1) is 0 Å². The van der Waals surface area contributed by atoms with Crippen LogP contribution in [0.2, 0.25) is 0 Å². The lowest BCUT2D eigenvalue weighted by Crippen LogP contribution is -2.37. The standard InChI is InChI=1S/C19H32N2/c1-16-7-5-6-14-21(16)15-18-10-8-17(9-11-18)12-13-20-19(2,3)4/h8-11,16,20H,5-7,12-15H2,1-4H3. The summed E-state index contributed by atoms with van der Waals surface area (Å²) in [6.45, 7) is 12.4. The summed E-state index contributed by atoms with van der Waals surface area (Å²) >= 11 is 0. The lowest BCUT2D eigenvalue weighted by molar-refractivity contribution is 0.152. The second-order valence-corrected chi connectivity index (χ2v) is 7.56. The molecule has 21 heavy (non-hydrogen) atoms. The number of benzene rings is 1. The number of likely N-dealkylation sites (tertiary alicyclic amines) is 1. The molecule has 2 nitrogen and oxygen atoms in total. The largest absolute Gasteiger partial charge is 0.312 e. The Hall–Kier alpha value is -0.860. The minimum atomic E-state index is 0.213. The second kappa shape index (κ2) is 7.42. The van der Waals surface area contributed by atoms with E-state index in [-0.39, 0.29) is 5.54 Å². The molecule has 0 aromatic heterocycles. The molecule has 1 N–H and O–H groups in total. The first-order chi connectivity index (χ1) is 9.94. The van der Waals surface area contributed by atoms with Crippen LogP contribution in [0.4, 0.5) is 0 Å². The van der Waals surface area contributed by atoms with Gasteiger partial charge in [0, 0.05) is 18.1 Å². The normalized spacial score (nSPS) is 20.7. The van der Waals surface area contributed by atoms with Gasteiger partial charge in [-0.2, -0.15) is 0 Å². The van der Waals surface area contributed by atoms with Gasteiger partial charge in [-0.25, -0.2) is 0 Å². The molecule has 1 aromatic carbocycles. The first-order valence-corrected chi connectivity index (χ1v) is 8.51. The van der Waals surface area contributed by atoms with Crippen molar-refractivity contribution in [2.24, 2.45) is 0 Å². The first-order valence-electron chi connectivity index (χ1n) is 8.51. The Morgan fingerprint density at radius 2 is 1.76 bits per heavy atom. The zero-order valence-electron chi connectivity index (χ0n) is 14.3. The van der Waals surface area contributed by atoms with Crippen LogP contribution in [0.3, 0.4) is 0 Å². The van der Waals surface area contributed by atoms with E-state index in [9.17, 15) is 0 Å². The van der Waals surface area contributed by atoms with E-state index in [0.717, 1.165) is 25.6 Å². The summed E-state index contributed by atoms with van der Waals surface area (Å²) in [6.07, 6.45) is 5.23. The Morgan fingerprint density at radius 3 is 2.38 bits per heavy atom. The van der Waals surface area contributed by atoms with Gasteiger partial charge in [0.2, 0.25) is 0 Å². The van der Waals surface area contributed by atoms with Crippen LogP contribution in [-0.4, -0.2) is 29.6 Å². The molecular weight excluding hydrogens is 256 g/mol. The molecule has 0 amide bonds. The lowest BCUT2D eigenvalue weighted by Gasteiger charge is -2.33. The molecule has 1 aliphatic rings. The lowest BCUT2D eigenvalue weighted by atomic mass is 10.0. The quantitative estimate of drug-likeness (QED) is 0.881. The maximum absolute atomic E-state index is 3.55. The fraction of sp³-hybridized carbons (Fsp3) is 0.684. The maximum Gasteiger partial charge on any atom is 0.0236 e. The third kappa shape index (κ3) is 5.80. The van der Waals surface area contributed by atoms with Crippen molar-refractivity contribution in [3.63, 3.8) is 0 Å². The summed E-state index contributed by atoms with van der Waals surface area (Å²) in [4.78, 5) is 2.62. The number of rotatable bonds is 5. The molecule has 1 aliphatic heterocycles. The highest BCUT2D eigenvalue weighted by atomic mass is 15.2. The van der Waals surface area contributed by atoms with Crippen molar-refractivity contribution in [2.75, 3.05) is 13.1 Å². The Balaban J connectivity index is 1.81. The van der Waals surface area contributed by atoms with E-state index in [1.54, 1.807) is 0 Å². The topological polar surface area (TPSA) is 15.3 Å². The van der Waals surface area contributed by atoms with Crippen LogP contribution in [0.15, 0.2) is 24.3 Å². The zero-order chi connectivity index (χ0) is 15.3. The summed E-state index contributed by atoms with van der Waals surface area (Å²) in [6, 6.07) is 9.97. The average Bonchev–Trinajstić information content (AvgIpc) is 2.42. The molecule has 0 radical (unpaired) electrons. The molecule has 2 rings (SSSR count). The third-order valence-electron chi connectivity index (χ3n) is 4.42. The Labute approximate surface area is 130 Å². The molecule has 1 heterocycles. The van der Waals surface area contributed by atoms with Crippen molar-refractivity contribution in [1.29, 1.82) is 0 Å². The van der Waals surface area contributed by atoms with Crippen LogP contribution < -0.4 is 5.32 Å². The molecule has 1 fully saturated rings. The number of hydrogen-bond acceptors (Lipinski definition) is 2. The molecule has 1 atom stereocenters. The van der Waals surface area contributed by atoms with Gasteiger partial charge in [-0.1, -0.05) is 30.7 Å². The fourth-order valence-electron chi connectivity index (χ4n) is 3.02. The van der Waals surface area contributed by atoms with Gasteiger partial charge in [0.25, 0.3) is 0 Å². The van der Waals surface area contributed by atoms with Crippen LogP contribution >= 0.6 is 0 Å². The monoisotopic (exact) mass is 288 g/mol. The Morgan fingerprint density at radius 1 is 1.10 bits per heavy atom. The van der Waals surface area contributed by atoms with Crippen LogP contribution in [-0.2, 0) is 13.0 Å². The highest BCUT2D eigenvalue weighted by Gasteiger charge is 2.17. The minimum Gasteiger partial charge on any atom is -0.312 e. The van der Waals surface area contributed by atoms with Gasteiger partial charge in [0.15, 0.2) is 0 Å². The molecular formula is C19H32N2. The molecule has 0 aliphatic carbocycles. The Kier molecular flexibility index (Phi) is 5.83. The van der Waals surface area contributed by atoms with E-state index in [1.165, 1.54) is 36.9 Å². The average molecular weight is 288 g/mol. The fourth-order valence-corrected chi connectivity index (χ4v) is 3.02. The van der Waals surface area contributed by atoms with E-state index in [4.69, 9.17) is 0 Å². The van der Waals surface area contributed by atoms with E-state index < -0.39 is 0 Å². The molecule has 1 aromatic rings. The van der Waals surface area contributed by atoms with Crippen molar-refractivity contribution in [3.05, 3.63) is 35.4 Å². The van der Waals surface area contributed by atoms with Crippen molar-refractivity contribution in [2.45, 2.75) is 71.5 Å². The van der Waals surface area contributed by atoms with Gasteiger partial charge in [-0.3, -0.25) is 4.90 Å². The van der Waals surface area contributed by atoms with Crippen molar-refractivity contribution in [3.8, 4) is 0 Å². The molecule has 0 saturated carbocycles. The first kappa shape index (κ1) is 16.5. The van der Waals surface area contributed by atoms with E-state index in [2.05, 4.69) is 62.2 Å².